The van der Waals surface area contributed by atoms with Crippen molar-refractivity contribution in [3.05, 3.63) is 0 Å². The van der Waals surface area contributed by atoms with Gasteiger partial charge in [-0.05, 0) is 0 Å². The van der Waals surface area contributed by atoms with Gasteiger partial charge in [-0.3, -0.25) is 0 Å². The Labute approximate surface area is 95.2 Å². The van der Waals surface area contributed by atoms with Gasteiger partial charge in [-0.2, -0.15) is 0 Å². The zero-order valence-electron chi connectivity index (χ0n) is 11.1. The van der Waals surface area contributed by atoms with Gasteiger partial charge in [0.25, 0.3) is 0 Å². The van der Waals surface area contributed by atoms with E-state index in [1.807, 2.05) is 0 Å². The Hall–Kier alpha value is 0.719. The van der Waals surface area contributed by atoms with Crippen LogP contribution in [0.5, 0.6) is 0 Å². The van der Waals surface area contributed by atoms with Crippen molar-refractivity contribution in [3.63, 3.8) is 0 Å². The van der Waals surface area contributed by atoms with E-state index in [0.717, 1.165) is 0 Å². The van der Waals surface area contributed by atoms with E-state index in [0.29, 0.717) is 6.04 Å². The van der Waals surface area contributed by atoms with Gasteiger partial charge in [0.1, 0.15) is 0 Å². The molecule has 0 rings (SSSR count). The van der Waals surface area contributed by atoms with Crippen LogP contribution in [0.3, 0.4) is 0 Å². The van der Waals surface area contributed by atoms with Crippen molar-refractivity contribution < 1.29 is 0 Å². The second-order valence-corrected chi connectivity index (χ2v) is 16.5. The van der Waals surface area contributed by atoms with E-state index in [-0.39, 0.29) is 0 Å². The third-order valence-corrected chi connectivity index (χ3v) is 15.8. The van der Waals surface area contributed by atoms with Gasteiger partial charge in [-0.1, -0.05) is 0 Å². The van der Waals surface area contributed by atoms with Crippen LogP contribution >= 0.6 is 0 Å². The van der Waals surface area contributed by atoms with E-state index in [4.69, 9.17) is 0 Å². The summed E-state index contributed by atoms with van der Waals surface area (Å²) in [4.78, 5) is 5.07. The van der Waals surface area contributed by atoms with E-state index >= 15 is 0 Å². The van der Waals surface area contributed by atoms with Crippen molar-refractivity contribution in [1.29, 1.82) is 0 Å². The van der Waals surface area contributed by atoms with Crippen LogP contribution in [-0.2, 0) is 0 Å². The molecule has 3 heteroatoms. The Morgan fingerprint density at radius 2 is 1.36 bits per heavy atom. The quantitative estimate of drug-likeness (QED) is 0.696. The molecule has 2 nitrogen and oxygen atoms in total. The number of rotatable bonds is 6. The molecule has 0 N–H and O–H groups in total. The summed E-state index contributed by atoms with van der Waals surface area (Å²) in [6, 6.07) is 0.700. The fraction of sp³-hybridized carbons (Fsp3) is 1.00. The van der Waals surface area contributed by atoms with Crippen molar-refractivity contribution in [2.45, 2.75) is 50.5 Å². The molecule has 0 aromatic carbocycles. The average molecular weight is 307 g/mol. The zero-order chi connectivity index (χ0) is 11.4. The fourth-order valence-corrected chi connectivity index (χ4v) is 13.8. The van der Waals surface area contributed by atoms with Crippen LogP contribution in [0.25, 0.3) is 0 Å². The summed E-state index contributed by atoms with van der Waals surface area (Å²) < 4.78 is 5.47. The summed E-state index contributed by atoms with van der Waals surface area (Å²) in [5.74, 6) is 0. The van der Waals surface area contributed by atoms with Crippen LogP contribution in [-0.4, -0.2) is 50.8 Å². The van der Waals surface area contributed by atoms with Gasteiger partial charge in [0.2, 0.25) is 0 Å². The van der Waals surface area contributed by atoms with Crippen molar-refractivity contribution in [1.82, 2.24) is 6.24 Å². The fourth-order valence-electron chi connectivity index (χ4n) is 2.56. The standard InChI is InChI=1S/C5H12N.C4H10N.2CH3.Sn/c1-4-6-5(2)3;1-3-5-4-2;;;/h5H,4H2,1-3H3;3-4H2,1-2H3;2*1H3;/q2*-1;;;+2. The molecule has 0 aliphatic carbocycles. The van der Waals surface area contributed by atoms with Crippen LogP contribution in [0.4, 0.5) is 0 Å². The van der Waals surface area contributed by atoms with E-state index in [9.17, 15) is 0 Å². The topological polar surface area (TPSA) is 6.48 Å². The first-order valence-electron chi connectivity index (χ1n) is 5.93. The van der Waals surface area contributed by atoms with Gasteiger partial charge in [0.15, 0.2) is 0 Å². The molecule has 0 aliphatic heterocycles. The van der Waals surface area contributed by atoms with Gasteiger partial charge < -0.3 is 0 Å². The maximum absolute atomic E-state index is 2.75. The van der Waals surface area contributed by atoms with Gasteiger partial charge in [0, 0.05) is 0 Å². The molecular formula is C11H28N2Sn. The minimum atomic E-state index is -2.14. The minimum absolute atomic E-state index is 0.700. The Morgan fingerprint density at radius 3 is 1.57 bits per heavy atom. The Bertz CT molecular complexity index is 153. The Balaban J connectivity index is 4.69. The second kappa shape index (κ2) is 6.33. The average Bonchev–Trinajstić information content (AvgIpc) is 2.05. The summed E-state index contributed by atoms with van der Waals surface area (Å²) in [5, 5.41) is 0. The zero-order valence-corrected chi connectivity index (χ0v) is 13.9. The molecule has 0 aromatic rings. The molecule has 0 heterocycles. The number of hydrogen-bond donors (Lipinski definition) is 0. The van der Waals surface area contributed by atoms with E-state index in [1.165, 1.54) is 19.6 Å². The summed E-state index contributed by atoms with van der Waals surface area (Å²) in [5.41, 5.74) is 0. The summed E-state index contributed by atoms with van der Waals surface area (Å²) in [7, 11) is 0. The number of nitrogens with zero attached hydrogens (tertiary/aromatic N) is 2. The first-order chi connectivity index (χ1) is 6.41. The van der Waals surface area contributed by atoms with Crippen molar-refractivity contribution in [2.75, 3.05) is 19.6 Å². The number of hydrogen-bond acceptors (Lipinski definition) is 2. The van der Waals surface area contributed by atoms with Crippen LogP contribution < -0.4 is 0 Å². The van der Waals surface area contributed by atoms with Gasteiger partial charge >= 0.3 is 95.3 Å². The predicted molar refractivity (Wildman–Crippen MR) is 67.9 cm³/mol. The molecule has 0 radical (unpaired) electrons. The molecule has 0 fully saturated rings. The molecule has 0 amide bonds. The van der Waals surface area contributed by atoms with Gasteiger partial charge in [-0.15, -0.1) is 0 Å². The third-order valence-electron chi connectivity index (χ3n) is 3.20. The van der Waals surface area contributed by atoms with Crippen LogP contribution in [0.15, 0.2) is 0 Å². The molecular weight excluding hydrogens is 279 g/mol. The van der Waals surface area contributed by atoms with Crippen LogP contribution in [0.2, 0.25) is 9.88 Å². The van der Waals surface area contributed by atoms with Crippen molar-refractivity contribution in [2.24, 2.45) is 0 Å². The first kappa shape index (κ1) is 14.7. The molecule has 0 bridgehead atoms. The molecule has 0 spiro atoms. The molecule has 0 aliphatic rings. The van der Waals surface area contributed by atoms with Crippen LogP contribution in [0, 0.1) is 0 Å². The summed E-state index contributed by atoms with van der Waals surface area (Å²) in [6.07, 6.45) is 0. The molecule has 0 saturated heterocycles. The molecule has 14 heavy (non-hydrogen) atoms. The first-order valence-corrected chi connectivity index (χ1v) is 14.2. The van der Waals surface area contributed by atoms with Crippen molar-refractivity contribution in [3.8, 4) is 0 Å². The van der Waals surface area contributed by atoms with E-state index in [2.05, 4.69) is 50.7 Å². The van der Waals surface area contributed by atoms with Crippen molar-refractivity contribution >= 4 is 18.9 Å². The predicted octanol–water partition coefficient (Wildman–Crippen LogP) is 2.76. The Morgan fingerprint density at radius 1 is 0.929 bits per heavy atom. The Kier molecular flexibility index (Phi) is 6.66. The summed E-state index contributed by atoms with van der Waals surface area (Å²) >= 11 is -2.14. The molecule has 0 aromatic heterocycles. The van der Waals surface area contributed by atoms with E-state index < -0.39 is 18.9 Å². The molecule has 0 unspecified atom stereocenters. The maximum atomic E-state index is 2.75. The van der Waals surface area contributed by atoms with Gasteiger partial charge in [0.05, 0.1) is 0 Å². The molecule has 0 atom stereocenters. The monoisotopic (exact) mass is 308 g/mol. The second-order valence-electron chi connectivity index (χ2n) is 4.55. The normalized spacial score (nSPS) is 13.3. The summed E-state index contributed by atoms with van der Waals surface area (Å²) in [6.45, 7) is 15.1. The SMILES string of the molecule is CC[N](CC)[Sn]([CH3])([CH3])[N](CC)C(C)C. The van der Waals surface area contributed by atoms with Crippen LogP contribution in [0.1, 0.15) is 34.6 Å². The molecule has 86 valence electrons. The third kappa shape index (κ3) is 3.38. The molecule has 0 saturated carbocycles. The van der Waals surface area contributed by atoms with Gasteiger partial charge in [-0.25, -0.2) is 0 Å². The van der Waals surface area contributed by atoms with E-state index in [1.54, 1.807) is 0 Å².